The van der Waals surface area contributed by atoms with Crippen molar-refractivity contribution in [1.82, 2.24) is 10.2 Å². The molecule has 0 aromatic heterocycles. The summed E-state index contributed by atoms with van der Waals surface area (Å²) in [5.41, 5.74) is -2.38. The van der Waals surface area contributed by atoms with Crippen LogP contribution < -0.4 is 5.32 Å². The van der Waals surface area contributed by atoms with Crippen LogP contribution in [-0.2, 0) is 23.9 Å². The summed E-state index contributed by atoms with van der Waals surface area (Å²) in [5, 5.41) is 3.22. The van der Waals surface area contributed by atoms with E-state index in [0.717, 1.165) is 44.8 Å². The highest BCUT2D eigenvalue weighted by Gasteiger charge is 2.86. The summed E-state index contributed by atoms with van der Waals surface area (Å²) in [6.07, 6.45) is 6.35. The third-order valence-corrected chi connectivity index (χ3v) is 13.9. The lowest BCUT2D eigenvalue weighted by molar-refractivity contribution is -0.172. The molecule has 0 radical (unpaired) electrons. The number of amides is 1. The molecule has 1 amide bonds. The molecule has 0 aromatic rings. The van der Waals surface area contributed by atoms with Gasteiger partial charge >= 0.3 is 5.97 Å². The molecule has 0 aromatic carbocycles. The molecule has 5 aliphatic carbocycles. The minimum atomic E-state index is -0.693. The smallest absolute Gasteiger partial charge is 0.311 e. The van der Waals surface area contributed by atoms with Gasteiger partial charge in [-0.15, -0.1) is 0 Å². The molecule has 5 rings (SSSR count). The highest BCUT2D eigenvalue weighted by atomic mass is 16.5. The van der Waals surface area contributed by atoms with Gasteiger partial charge in [0, 0.05) is 41.2 Å². The van der Waals surface area contributed by atoms with E-state index in [4.69, 9.17) is 4.74 Å². The van der Waals surface area contributed by atoms with Crippen LogP contribution in [0.3, 0.4) is 0 Å². The Kier molecular flexibility index (Phi) is 7.25. The zero-order valence-electron chi connectivity index (χ0n) is 28.1. The molecule has 0 bridgehead atoms. The Morgan fingerprint density at radius 3 is 2.19 bits per heavy atom. The van der Waals surface area contributed by atoms with E-state index >= 15 is 0 Å². The molecule has 0 heterocycles. The summed E-state index contributed by atoms with van der Waals surface area (Å²) in [6, 6.07) is -0.0634. The van der Waals surface area contributed by atoms with Crippen molar-refractivity contribution in [2.75, 3.05) is 14.1 Å². The second-order valence-corrected chi connectivity index (χ2v) is 17.3. The Hall–Kier alpha value is -1.76. The van der Waals surface area contributed by atoms with Crippen LogP contribution in [0.25, 0.3) is 0 Å². The van der Waals surface area contributed by atoms with E-state index < -0.39 is 16.2 Å². The second kappa shape index (κ2) is 9.62. The standard InChI is InChI=1S/C35H56N2O5/c1-20(2)28(40)36-25-14-15-34-18-35(34)24(13-12-23(34)31(25,7)19-38)32(8)16-22(42-29(41)30(4,5)6)27(21(3)37(10)11)33(32,9)17-26(35)39/h19-25,27H,12-18H2,1-11H3,(H,36,40)/t21-,22+,23-,24-,25-,27-,31-,32-,33+,34?,35-/m0/s1. The number of ketones is 1. The fourth-order valence-electron chi connectivity index (χ4n) is 11.2. The first-order chi connectivity index (χ1) is 19.3. The Labute approximate surface area is 253 Å². The summed E-state index contributed by atoms with van der Waals surface area (Å²) in [5.74, 6) is 0.356. The summed E-state index contributed by atoms with van der Waals surface area (Å²) in [6.45, 7) is 18.4. The quantitative estimate of drug-likeness (QED) is 0.330. The van der Waals surface area contributed by atoms with Crippen LogP contribution in [0.4, 0.5) is 0 Å². The monoisotopic (exact) mass is 584 g/mol. The maximum Gasteiger partial charge on any atom is 0.311 e. The average Bonchev–Trinajstić information content (AvgIpc) is 3.52. The number of nitrogens with one attached hydrogen (secondary N) is 1. The number of carbonyl (C=O) groups excluding carboxylic acids is 4. The highest BCUT2D eigenvalue weighted by Crippen LogP contribution is 2.88. The Morgan fingerprint density at radius 1 is 1.02 bits per heavy atom. The second-order valence-electron chi connectivity index (χ2n) is 17.3. The zero-order chi connectivity index (χ0) is 31.4. The lowest BCUT2D eigenvalue weighted by atomic mass is 9.41. The Morgan fingerprint density at radius 2 is 1.64 bits per heavy atom. The van der Waals surface area contributed by atoms with Gasteiger partial charge in [-0.1, -0.05) is 34.6 Å². The number of Topliss-reactive ketones (excluding diaryl/α,β-unsaturated/α-hetero) is 1. The van der Waals surface area contributed by atoms with Gasteiger partial charge in [0.15, 0.2) is 0 Å². The number of hydrogen-bond acceptors (Lipinski definition) is 6. The summed E-state index contributed by atoms with van der Waals surface area (Å²) >= 11 is 0. The van der Waals surface area contributed by atoms with Crippen LogP contribution >= 0.6 is 0 Å². The number of ether oxygens (including phenoxy) is 1. The van der Waals surface area contributed by atoms with Crippen molar-refractivity contribution in [3.05, 3.63) is 0 Å². The van der Waals surface area contributed by atoms with Crippen molar-refractivity contribution in [3.8, 4) is 0 Å². The van der Waals surface area contributed by atoms with Gasteiger partial charge in [0.25, 0.3) is 0 Å². The molecule has 5 aliphatic rings. The number of fused-ring (bicyclic) bond motifs is 2. The summed E-state index contributed by atoms with van der Waals surface area (Å²) < 4.78 is 6.41. The zero-order valence-corrected chi connectivity index (χ0v) is 28.1. The predicted molar refractivity (Wildman–Crippen MR) is 162 cm³/mol. The molecule has 2 spiro atoms. The van der Waals surface area contributed by atoms with Gasteiger partial charge < -0.3 is 19.7 Å². The molecule has 5 fully saturated rings. The van der Waals surface area contributed by atoms with Crippen LogP contribution in [0.15, 0.2) is 0 Å². The van der Waals surface area contributed by atoms with Crippen molar-refractivity contribution in [3.63, 3.8) is 0 Å². The normalized spacial score (nSPS) is 46.7. The van der Waals surface area contributed by atoms with Gasteiger partial charge in [0.2, 0.25) is 5.91 Å². The van der Waals surface area contributed by atoms with Crippen molar-refractivity contribution in [2.45, 2.75) is 125 Å². The maximum absolute atomic E-state index is 14.7. The van der Waals surface area contributed by atoms with Crippen molar-refractivity contribution >= 4 is 23.9 Å². The summed E-state index contributed by atoms with van der Waals surface area (Å²) in [4.78, 5) is 55.8. The molecule has 1 N–H and O–H groups in total. The molecule has 0 aliphatic heterocycles. The van der Waals surface area contributed by atoms with Gasteiger partial charge in [0.1, 0.15) is 18.2 Å². The fourth-order valence-corrected chi connectivity index (χ4v) is 11.2. The summed E-state index contributed by atoms with van der Waals surface area (Å²) in [7, 11) is 4.16. The highest BCUT2D eigenvalue weighted by molar-refractivity contribution is 5.92. The molecule has 7 heteroatoms. The largest absolute Gasteiger partial charge is 0.462 e. The van der Waals surface area contributed by atoms with Crippen LogP contribution in [-0.4, -0.2) is 61.1 Å². The van der Waals surface area contributed by atoms with Crippen LogP contribution in [0.1, 0.15) is 107 Å². The Balaban J connectivity index is 1.53. The van der Waals surface area contributed by atoms with E-state index in [1.807, 2.05) is 41.5 Å². The molecule has 236 valence electrons. The van der Waals surface area contributed by atoms with Gasteiger partial charge in [-0.05, 0) is 108 Å². The number of hydrogen-bond donors (Lipinski definition) is 1. The first kappa shape index (κ1) is 31.7. The van der Waals surface area contributed by atoms with E-state index in [-0.39, 0.29) is 70.0 Å². The molecular weight excluding hydrogens is 528 g/mol. The third kappa shape index (κ3) is 3.92. The average molecular weight is 585 g/mol. The molecule has 7 nitrogen and oxygen atoms in total. The van der Waals surface area contributed by atoms with Gasteiger partial charge in [-0.3, -0.25) is 14.4 Å². The molecular formula is C35H56N2O5. The predicted octanol–water partition coefficient (Wildman–Crippen LogP) is 5.44. The van der Waals surface area contributed by atoms with E-state index in [2.05, 4.69) is 45.1 Å². The van der Waals surface area contributed by atoms with Crippen molar-refractivity contribution in [1.29, 1.82) is 0 Å². The van der Waals surface area contributed by atoms with Crippen LogP contribution in [0.2, 0.25) is 0 Å². The Bertz CT molecular complexity index is 1170. The van der Waals surface area contributed by atoms with Crippen molar-refractivity contribution < 1.29 is 23.9 Å². The number of aldehydes is 1. The number of carbonyl (C=O) groups is 4. The lowest BCUT2D eigenvalue weighted by Gasteiger charge is -2.62. The van der Waals surface area contributed by atoms with Gasteiger partial charge in [-0.2, -0.15) is 0 Å². The van der Waals surface area contributed by atoms with E-state index in [9.17, 15) is 19.2 Å². The van der Waals surface area contributed by atoms with Crippen LogP contribution in [0.5, 0.6) is 0 Å². The molecule has 5 saturated carbocycles. The number of esters is 1. The number of rotatable bonds is 6. The molecule has 11 atom stereocenters. The lowest BCUT2D eigenvalue weighted by Crippen LogP contribution is -2.63. The first-order valence-corrected chi connectivity index (χ1v) is 16.4. The topological polar surface area (TPSA) is 92.8 Å². The first-order valence-electron chi connectivity index (χ1n) is 16.4. The maximum atomic E-state index is 14.7. The van der Waals surface area contributed by atoms with E-state index in [1.165, 1.54) is 0 Å². The molecule has 0 saturated heterocycles. The van der Waals surface area contributed by atoms with Crippen molar-refractivity contribution in [2.24, 2.45) is 56.2 Å². The SMILES string of the molecule is CC(C)C(=O)N[C@H]1CCC23C[C@]24C(=O)C[C@]2(C)[C@@H]([C@H](C)N(C)C)[C@H](OC(=O)C(C)(C)C)C[C@@]2(C)[C@@H]4CC[C@H]3[C@]1(C)C=O. The minimum Gasteiger partial charge on any atom is -0.462 e. The minimum absolute atomic E-state index is 0.0110. The fraction of sp³-hybridized carbons (Fsp3) is 0.886. The van der Waals surface area contributed by atoms with E-state index in [1.54, 1.807) is 0 Å². The van der Waals surface area contributed by atoms with Gasteiger partial charge in [0.05, 0.1) is 5.41 Å². The van der Waals surface area contributed by atoms with Crippen LogP contribution in [0, 0.1) is 56.2 Å². The number of nitrogens with zero attached hydrogens (tertiary/aromatic N) is 1. The third-order valence-electron chi connectivity index (χ3n) is 13.9. The van der Waals surface area contributed by atoms with Gasteiger partial charge in [-0.25, -0.2) is 0 Å². The molecule has 1 unspecified atom stereocenters. The van der Waals surface area contributed by atoms with E-state index in [0.29, 0.717) is 12.2 Å². The molecule has 42 heavy (non-hydrogen) atoms.